The van der Waals surface area contributed by atoms with Crippen molar-refractivity contribution in [3.8, 4) is 5.88 Å². The van der Waals surface area contributed by atoms with E-state index >= 15 is 0 Å². The van der Waals surface area contributed by atoms with Gasteiger partial charge in [-0.15, -0.1) is 0 Å². The number of anilines is 2. The summed E-state index contributed by atoms with van der Waals surface area (Å²) in [7, 11) is 1.76. The van der Waals surface area contributed by atoms with Crippen molar-refractivity contribution in [2.75, 3.05) is 24.8 Å². The van der Waals surface area contributed by atoms with E-state index in [1.807, 2.05) is 19.1 Å². The maximum Gasteiger partial charge on any atom is 0.239 e. The largest absolute Gasteiger partial charge is 0.476 e. The molecule has 0 spiro atoms. The van der Waals surface area contributed by atoms with Gasteiger partial charge < -0.3 is 20.5 Å². The van der Waals surface area contributed by atoms with Gasteiger partial charge in [0.15, 0.2) is 0 Å². The summed E-state index contributed by atoms with van der Waals surface area (Å²) in [6, 6.07) is 4.01. The zero-order chi connectivity index (χ0) is 13.0. The molecule has 2 rings (SSSR count). The fraction of sp³-hybridized carbons (Fsp3) is 0.615. The van der Waals surface area contributed by atoms with Crippen LogP contribution in [0.25, 0.3) is 0 Å². The molecule has 2 unspecified atom stereocenters. The van der Waals surface area contributed by atoms with E-state index < -0.39 is 0 Å². The monoisotopic (exact) mass is 251 g/mol. The van der Waals surface area contributed by atoms with Crippen molar-refractivity contribution >= 4 is 11.5 Å². The van der Waals surface area contributed by atoms with Crippen LogP contribution in [0.15, 0.2) is 12.1 Å². The molecule has 5 nitrogen and oxygen atoms in total. The van der Waals surface area contributed by atoms with Crippen LogP contribution in [0.5, 0.6) is 5.88 Å². The number of nitrogen functional groups attached to an aromatic ring is 1. The summed E-state index contributed by atoms with van der Waals surface area (Å²) >= 11 is 0. The zero-order valence-corrected chi connectivity index (χ0v) is 11.0. The number of methoxy groups -OCH3 is 1. The Kier molecular flexibility index (Phi) is 4.25. The van der Waals surface area contributed by atoms with Crippen LogP contribution in [0.1, 0.15) is 26.2 Å². The number of nitrogens with zero attached hydrogens (tertiary/aromatic N) is 1. The second-order valence-electron chi connectivity index (χ2n) is 4.48. The molecule has 1 heterocycles. The molecule has 3 N–H and O–H groups in total. The molecule has 1 saturated carbocycles. The second-order valence-corrected chi connectivity index (χ2v) is 4.48. The first-order valence-corrected chi connectivity index (χ1v) is 6.43. The van der Waals surface area contributed by atoms with Gasteiger partial charge in [0.25, 0.3) is 0 Å². The Balaban J connectivity index is 2.07. The highest BCUT2D eigenvalue weighted by Gasteiger charge is 2.27. The van der Waals surface area contributed by atoms with Crippen molar-refractivity contribution in [2.24, 2.45) is 0 Å². The van der Waals surface area contributed by atoms with Gasteiger partial charge in [0, 0.05) is 7.11 Å². The van der Waals surface area contributed by atoms with Crippen molar-refractivity contribution in [1.29, 1.82) is 0 Å². The lowest BCUT2D eigenvalue weighted by Gasteiger charge is -2.20. The summed E-state index contributed by atoms with van der Waals surface area (Å²) in [6.45, 7) is 2.48. The van der Waals surface area contributed by atoms with Crippen molar-refractivity contribution in [3.05, 3.63) is 12.1 Å². The van der Waals surface area contributed by atoms with Gasteiger partial charge in [-0.2, -0.15) is 4.98 Å². The molecule has 0 amide bonds. The van der Waals surface area contributed by atoms with Gasteiger partial charge in [-0.25, -0.2) is 0 Å². The molecule has 1 aliphatic rings. The van der Waals surface area contributed by atoms with Crippen LogP contribution in [-0.2, 0) is 4.74 Å². The molecule has 5 heteroatoms. The second kappa shape index (κ2) is 5.91. The summed E-state index contributed by atoms with van der Waals surface area (Å²) < 4.78 is 10.8. The number of hydrogen-bond donors (Lipinski definition) is 2. The Morgan fingerprint density at radius 3 is 3.00 bits per heavy atom. The Hall–Kier alpha value is -1.49. The number of hydrogen-bond acceptors (Lipinski definition) is 5. The lowest BCUT2D eigenvalue weighted by molar-refractivity contribution is 0.101. The molecule has 1 aliphatic carbocycles. The molecule has 18 heavy (non-hydrogen) atoms. The number of nitrogens with two attached hydrogens (primary N) is 1. The molecule has 0 radical (unpaired) electrons. The fourth-order valence-electron chi connectivity index (χ4n) is 2.35. The van der Waals surface area contributed by atoms with Gasteiger partial charge in [0.05, 0.1) is 24.4 Å². The SMILES string of the molecule is CCOc1nc(NC2CCCC2OC)ccc1N. The molecule has 100 valence electrons. The molecule has 1 aromatic rings. The van der Waals surface area contributed by atoms with Crippen LogP contribution < -0.4 is 15.8 Å². The van der Waals surface area contributed by atoms with Gasteiger partial charge in [-0.3, -0.25) is 0 Å². The molecule has 1 fully saturated rings. The first-order valence-electron chi connectivity index (χ1n) is 6.43. The quantitative estimate of drug-likeness (QED) is 0.838. The Labute approximate surface area is 108 Å². The van der Waals surface area contributed by atoms with E-state index in [0.717, 1.165) is 18.7 Å². The highest BCUT2D eigenvalue weighted by atomic mass is 16.5. The van der Waals surface area contributed by atoms with Gasteiger partial charge >= 0.3 is 0 Å². The first kappa shape index (κ1) is 13.0. The van der Waals surface area contributed by atoms with Crippen LogP contribution in [-0.4, -0.2) is 30.8 Å². The van der Waals surface area contributed by atoms with E-state index in [2.05, 4.69) is 10.3 Å². The van der Waals surface area contributed by atoms with E-state index in [0.29, 0.717) is 24.2 Å². The van der Waals surface area contributed by atoms with Gasteiger partial charge in [-0.1, -0.05) is 0 Å². The summed E-state index contributed by atoms with van der Waals surface area (Å²) in [5.74, 6) is 1.29. The van der Waals surface area contributed by atoms with Crippen LogP contribution in [0.2, 0.25) is 0 Å². The third-order valence-corrected chi connectivity index (χ3v) is 3.26. The highest BCUT2D eigenvalue weighted by molar-refractivity contribution is 5.54. The molecule has 2 atom stereocenters. The summed E-state index contributed by atoms with van der Waals surface area (Å²) in [5.41, 5.74) is 6.36. The number of rotatable bonds is 5. The molecule has 0 aliphatic heterocycles. The van der Waals surface area contributed by atoms with Crippen molar-refractivity contribution in [3.63, 3.8) is 0 Å². The van der Waals surface area contributed by atoms with Crippen LogP contribution in [0, 0.1) is 0 Å². The summed E-state index contributed by atoms with van der Waals surface area (Å²) in [6.07, 6.45) is 3.65. The molecular weight excluding hydrogens is 230 g/mol. The molecule has 0 aromatic carbocycles. The molecular formula is C13H21N3O2. The summed E-state index contributed by atoms with van der Waals surface area (Å²) in [5, 5.41) is 3.40. The number of nitrogens with one attached hydrogen (secondary N) is 1. The minimum Gasteiger partial charge on any atom is -0.476 e. The third-order valence-electron chi connectivity index (χ3n) is 3.26. The zero-order valence-electron chi connectivity index (χ0n) is 11.0. The lowest BCUT2D eigenvalue weighted by Crippen LogP contribution is -2.30. The maximum absolute atomic E-state index is 5.80. The van der Waals surface area contributed by atoms with Gasteiger partial charge in [0.2, 0.25) is 5.88 Å². The number of pyridine rings is 1. The Bertz CT molecular complexity index is 398. The lowest BCUT2D eigenvalue weighted by atomic mass is 10.2. The minimum atomic E-state index is 0.264. The molecule has 1 aromatic heterocycles. The average Bonchev–Trinajstić information content (AvgIpc) is 2.81. The Morgan fingerprint density at radius 2 is 2.28 bits per heavy atom. The van der Waals surface area contributed by atoms with Gasteiger partial charge in [0.1, 0.15) is 5.82 Å². The number of aromatic nitrogens is 1. The molecule has 0 bridgehead atoms. The topological polar surface area (TPSA) is 69.4 Å². The van der Waals surface area contributed by atoms with Crippen LogP contribution >= 0.6 is 0 Å². The summed E-state index contributed by atoms with van der Waals surface area (Å²) in [4.78, 5) is 4.38. The third kappa shape index (κ3) is 2.85. The highest BCUT2D eigenvalue weighted by Crippen LogP contribution is 2.26. The van der Waals surface area contributed by atoms with Crippen LogP contribution in [0.3, 0.4) is 0 Å². The molecule has 0 saturated heterocycles. The van der Waals surface area contributed by atoms with Gasteiger partial charge in [-0.05, 0) is 38.3 Å². The van der Waals surface area contributed by atoms with Crippen LogP contribution in [0.4, 0.5) is 11.5 Å². The first-order chi connectivity index (χ1) is 8.74. The predicted octanol–water partition coefficient (Wildman–Crippen LogP) is 2.04. The predicted molar refractivity (Wildman–Crippen MR) is 71.9 cm³/mol. The smallest absolute Gasteiger partial charge is 0.239 e. The van der Waals surface area contributed by atoms with E-state index in [9.17, 15) is 0 Å². The minimum absolute atomic E-state index is 0.264. The Morgan fingerprint density at radius 1 is 1.44 bits per heavy atom. The van der Waals surface area contributed by atoms with Crippen molar-refractivity contribution < 1.29 is 9.47 Å². The van der Waals surface area contributed by atoms with Crippen molar-refractivity contribution in [2.45, 2.75) is 38.3 Å². The van der Waals surface area contributed by atoms with E-state index in [4.69, 9.17) is 15.2 Å². The van der Waals surface area contributed by atoms with Crippen molar-refractivity contribution in [1.82, 2.24) is 4.98 Å². The standard InChI is InChI=1S/C13H21N3O2/c1-3-18-13-9(14)7-8-12(16-13)15-10-5-4-6-11(10)17-2/h7-8,10-11H,3-6,14H2,1-2H3,(H,15,16). The van der Waals surface area contributed by atoms with E-state index in [-0.39, 0.29) is 6.10 Å². The van der Waals surface area contributed by atoms with E-state index in [1.165, 1.54) is 6.42 Å². The van der Waals surface area contributed by atoms with E-state index in [1.54, 1.807) is 7.11 Å². The normalized spacial score (nSPS) is 23.0. The fourth-order valence-corrected chi connectivity index (χ4v) is 2.35. The average molecular weight is 251 g/mol. The number of ether oxygens (including phenoxy) is 2. The maximum atomic E-state index is 5.80.